The van der Waals surface area contributed by atoms with Crippen molar-refractivity contribution in [3.8, 4) is 0 Å². The number of piperazine rings is 1. The maximum atomic E-state index is 12.9. The maximum Gasteiger partial charge on any atom is 0.315 e. The van der Waals surface area contributed by atoms with Crippen LogP contribution in [0.15, 0.2) is 48.5 Å². The van der Waals surface area contributed by atoms with Crippen molar-refractivity contribution in [1.82, 2.24) is 20.4 Å². The highest BCUT2D eigenvalue weighted by Crippen LogP contribution is 2.16. The predicted molar refractivity (Wildman–Crippen MR) is 119 cm³/mol. The van der Waals surface area contributed by atoms with Gasteiger partial charge in [-0.15, -0.1) is 0 Å². The van der Waals surface area contributed by atoms with Gasteiger partial charge >= 0.3 is 6.03 Å². The van der Waals surface area contributed by atoms with E-state index in [2.05, 4.69) is 53.6 Å². The Kier molecular flexibility index (Phi) is 8.00. The van der Waals surface area contributed by atoms with Crippen LogP contribution in [0.5, 0.6) is 0 Å². The Morgan fingerprint density at radius 3 is 2.13 bits per heavy atom. The van der Waals surface area contributed by atoms with Crippen molar-refractivity contribution in [2.24, 2.45) is 0 Å². The lowest BCUT2D eigenvalue weighted by molar-refractivity contribution is -0.131. The fraction of sp³-hybridized carbons (Fsp3) is 0.417. The number of nitrogens with zero attached hydrogens (tertiary/aromatic N) is 2. The van der Waals surface area contributed by atoms with Crippen molar-refractivity contribution in [2.75, 3.05) is 32.7 Å². The maximum absolute atomic E-state index is 12.9. The SMILES string of the molecule is CC(C)c1ccc(CN2CCN(C(=O)CNC(=O)NCc3ccc(F)cc3)CC2)cc1. The van der Waals surface area contributed by atoms with Gasteiger partial charge in [0.05, 0.1) is 6.54 Å². The molecule has 0 unspecified atom stereocenters. The minimum Gasteiger partial charge on any atom is -0.339 e. The summed E-state index contributed by atoms with van der Waals surface area (Å²) in [5.41, 5.74) is 3.41. The average Bonchev–Trinajstić information content (AvgIpc) is 2.78. The monoisotopic (exact) mass is 426 g/mol. The first-order valence-corrected chi connectivity index (χ1v) is 10.8. The minimum absolute atomic E-state index is 0.0358. The molecule has 1 aliphatic heterocycles. The summed E-state index contributed by atoms with van der Waals surface area (Å²) in [6.45, 7) is 8.44. The summed E-state index contributed by atoms with van der Waals surface area (Å²) < 4.78 is 12.9. The van der Waals surface area contributed by atoms with E-state index in [9.17, 15) is 14.0 Å². The summed E-state index contributed by atoms with van der Waals surface area (Å²) in [5, 5.41) is 5.27. The summed E-state index contributed by atoms with van der Waals surface area (Å²) in [6, 6.07) is 14.2. The first-order valence-electron chi connectivity index (χ1n) is 10.8. The van der Waals surface area contributed by atoms with Crippen LogP contribution in [0.4, 0.5) is 9.18 Å². The van der Waals surface area contributed by atoms with E-state index >= 15 is 0 Å². The van der Waals surface area contributed by atoms with Crippen molar-refractivity contribution >= 4 is 11.9 Å². The summed E-state index contributed by atoms with van der Waals surface area (Å²) >= 11 is 0. The number of urea groups is 1. The molecule has 2 aromatic rings. The summed E-state index contributed by atoms with van der Waals surface area (Å²) in [4.78, 5) is 28.5. The van der Waals surface area contributed by atoms with Gasteiger partial charge in [0.1, 0.15) is 5.82 Å². The Labute approximate surface area is 183 Å². The molecule has 3 rings (SSSR count). The molecule has 1 saturated heterocycles. The Morgan fingerprint density at radius 2 is 1.52 bits per heavy atom. The van der Waals surface area contributed by atoms with E-state index in [-0.39, 0.29) is 24.8 Å². The van der Waals surface area contributed by atoms with Gasteiger partial charge in [-0.25, -0.2) is 9.18 Å². The molecule has 0 aliphatic carbocycles. The van der Waals surface area contributed by atoms with Gasteiger partial charge in [0.2, 0.25) is 5.91 Å². The van der Waals surface area contributed by atoms with Crippen molar-refractivity contribution in [3.63, 3.8) is 0 Å². The van der Waals surface area contributed by atoms with Crippen LogP contribution in [0, 0.1) is 5.82 Å². The Balaban J connectivity index is 1.34. The number of nitrogens with one attached hydrogen (secondary N) is 2. The fourth-order valence-electron chi connectivity index (χ4n) is 3.54. The number of hydrogen-bond donors (Lipinski definition) is 2. The van der Waals surface area contributed by atoms with Gasteiger partial charge in [-0.1, -0.05) is 50.2 Å². The van der Waals surface area contributed by atoms with Crippen LogP contribution in [0.2, 0.25) is 0 Å². The van der Waals surface area contributed by atoms with E-state index in [1.807, 2.05) is 0 Å². The smallest absolute Gasteiger partial charge is 0.315 e. The highest BCUT2D eigenvalue weighted by atomic mass is 19.1. The quantitative estimate of drug-likeness (QED) is 0.715. The molecule has 1 fully saturated rings. The van der Waals surface area contributed by atoms with Crippen molar-refractivity contribution in [3.05, 3.63) is 71.0 Å². The van der Waals surface area contributed by atoms with Crippen LogP contribution in [0.3, 0.4) is 0 Å². The van der Waals surface area contributed by atoms with E-state index in [0.717, 1.165) is 25.2 Å². The third kappa shape index (κ3) is 7.07. The van der Waals surface area contributed by atoms with Gasteiger partial charge in [-0.3, -0.25) is 9.69 Å². The van der Waals surface area contributed by atoms with Crippen LogP contribution in [-0.2, 0) is 17.9 Å². The fourth-order valence-corrected chi connectivity index (χ4v) is 3.54. The Bertz CT molecular complexity index is 860. The van der Waals surface area contributed by atoms with Crippen LogP contribution in [0.1, 0.15) is 36.5 Å². The van der Waals surface area contributed by atoms with Crippen LogP contribution in [0.25, 0.3) is 0 Å². The lowest BCUT2D eigenvalue weighted by Crippen LogP contribution is -2.51. The Hall–Kier alpha value is -2.93. The van der Waals surface area contributed by atoms with E-state index in [1.165, 1.54) is 23.3 Å². The summed E-state index contributed by atoms with van der Waals surface area (Å²) in [7, 11) is 0. The van der Waals surface area contributed by atoms with Crippen molar-refractivity contribution in [1.29, 1.82) is 0 Å². The normalized spacial score (nSPS) is 14.5. The summed E-state index contributed by atoms with van der Waals surface area (Å²) in [6.07, 6.45) is 0. The first kappa shape index (κ1) is 22.7. The van der Waals surface area contributed by atoms with E-state index < -0.39 is 6.03 Å². The predicted octanol–water partition coefficient (Wildman–Crippen LogP) is 3.09. The third-order valence-corrected chi connectivity index (χ3v) is 5.54. The molecule has 166 valence electrons. The lowest BCUT2D eigenvalue weighted by atomic mass is 10.0. The molecular formula is C24H31FN4O2. The molecule has 0 bridgehead atoms. The Morgan fingerprint density at radius 1 is 0.903 bits per heavy atom. The van der Waals surface area contributed by atoms with E-state index in [0.29, 0.717) is 19.0 Å². The number of halogens is 1. The van der Waals surface area contributed by atoms with Crippen LogP contribution < -0.4 is 10.6 Å². The topological polar surface area (TPSA) is 64.7 Å². The molecule has 31 heavy (non-hydrogen) atoms. The standard InChI is InChI=1S/C24H31FN4O2/c1-18(2)21-7-3-20(4-8-21)17-28-11-13-29(14-12-28)23(30)16-27-24(31)26-15-19-5-9-22(25)10-6-19/h3-10,18H,11-17H2,1-2H3,(H2,26,27,31). The zero-order valence-electron chi connectivity index (χ0n) is 18.2. The number of benzene rings is 2. The third-order valence-electron chi connectivity index (χ3n) is 5.54. The van der Waals surface area contributed by atoms with E-state index in [4.69, 9.17) is 0 Å². The molecule has 0 spiro atoms. The largest absolute Gasteiger partial charge is 0.339 e. The average molecular weight is 427 g/mol. The van der Waals surface area contributed by atoms with Crippen LogP contribution >= 0.6 is 0 Å². The molecule has 1 aliphatic rings. The molecule has 3 amide bonds. The second-order valence-corrected chi connectivity index (χ2v) is 8.22. The zero-order chi connectivity index (χ0) is 22.2. The van der Waals surface area contributed by atoms with Gasteiger partial charge in [0, 0.05) is 39.3 Å². The summed E-state index contributed by atoms with van der Waals surface area (Å²) in [5.74, 6) is 0.128. The molecule has 7 heteroatoms. The highest BCUT2D eigenvalue weighted by Gasteiger charge is 2.21. The molecule has 0 radical (unpaired) electrons. The molecule has 0 atom stereocenters. The second-order valence-electron chi connectivity index (χ2n) is 8.22. The number of rotatable bonds is 7. The number of hydrogen-bond acceptors (Lipinski definition) is 3. The van der Waals surface area contributed by atoms with Crippen molar-refractivity contribution in [2.45, 2.75) is 32.9 Å². The molecule has 0 aromatic heterocycles. The van der Waals surface area contributed by atoms with Gasteiger partial charge in [0.15, 0.2) is 0 Å². The van der Waals surface area contributed by atoms with Gasteiger partial charge in [0.25, 0.3) is 0 Å². The van der Waals surface area contributed by atoms with Gasteiger partial charge in [-0.2, -0.15) is 0 Å². The first-order chi connectivity index (χ1) is 14.9. The molecular weight excluding hydrogens is 395 g/mol. The number of carbonyl (C=O) groups excluding carboxylic acids is 2. The molecule has 6 nitrogen and oxygen atoms in total. The highest BCUT2D eigenvalue weighted by molar-refractivity contribution is 5.84. The van der Waals surface area contributed by atoms with Crippen molar-refractivity contribution < 1.29 is 14.0 Å². The molecule has 2 aromatic carbocycles. The molecule has 1 heterocycles. The van der Waals surface area contributed by atoms with Crippen LogP contribution in [-0.4, -0.2) is 54.5 Å². The molecule has 0 saturated carbocycles. The van der Waals surface area contributed by atoms with Gasteiger partial charge < -0.3 is 15.5 Å². The lowest BCUT2D eigenvalue weighted by Gasteiger charge is -2.34. The second kappa shape index (κ2) is 10.9. The number of amides is 3. The van der Waals surface area contributed by atoms with E-state index in [1.54, 1.807) is 17.0 Å². The molecule has 2 N–H and O–H groups in total. The zero-order valence-corrected chi connectivity index (χ0v) is 18.2. The van der Waals surface area contributed by atoms with Gasteiger partial charge in [-0.05, 0) is 34.7 Å². The number of carbonyl (C=O) groups is 2. The minimum atomic E-state index is -0.416.